The van der Waals surface area contributed by atoms with Gasteiger partial charge in [0.1, 0.15) is 28.3 Å². The Morgan fingerprint density at radius 1 is 1.11 bits per heavy atom. The molecule has 0 radical (unpaired) electrons. The van der Waals surface area contributed by atoms with Crippen LogP contribution >= 0.6 is 0 Å². The molecule has 2 aromatic heterocycles. The number of aromatic nitrogens is 3. The van der Waals surface area contributed by atoms with Crippen LogP contribution in [0.4, 0.5) is 0 Å². The van der Waals surface area contributed by atoms with Crippen molar-refractivity contribution in [1.29, 1.82) is 0 Å². The van der Waals surface area contributed by atoms with E-state index in [1.807, 2.05) is 29.9 Å². The summed E-state index contributed by atoms with van der Waals surface area (Å²) in [5.74, 6) is 1.37. The number of rotatable bonds is 8. The second kappa shape index (κ2) is 10.4. The van der Waals surface area contributed by atoms with Crippen molar-refractivity contribution in [2.75, 3.05) is 27.3 Å². The van der Waals surface area contributed by atoms with Crippen LogP contribution < -0.4 is 14.8 Å². The van der Waals surface area contributed by atoms with Gasteiger partial charge in [-0.15, -0.1) is 0 Å². The maximum Gasteiger partial charge on any atom is 0.244 e. The molecule has 10 nitrogen and oxygen atoms in total. The zero-order chi connectivity index (χ0) is 25.0. The first-order chi connectivity index (χ1) is 16.8. The number of carbonyl (C=O) groups excluding carboxylic acids is 1. The number of aryl methyl sites for hydroxylation is 1. The molecule has 1 aromatic carbocycles. The molecule has 0 saturated carbocycles. The van der Waals surface area contributed by atoms with Crippen LogP contribution in [0.3, 0.4) is 0 Å². The Kier molecular flexibility index (Phi) is 7.37. The molecule has 1 fully saturated rings. The van der Waals surface area contributed by atoms with Crippen LogP contribution in [0.1, 0.15) is 30.3 Å². The average Bonchev–Trinajstić information content (AvgIpc) is 3.32. The van der Waals surface area contributed by atoms with Gasteiger partial charge in [-0.25, -0.2) is 13.4 Å². The van der Waals surface area contributed by atoms with E-state index < -0.39 is 16.1 Å². The van der Waals surface area contributed by atoms with E-state index in [-0.39, 0.29) is 29.8 Å². The topological polar surface area (TPSA) is 116 Å². The summed E-state index contributed by atoms with van der Waals surface area (Å²) < 4.78 is 39.9. The van der Waals surface area contributed by atoms with E-state index in [0.717, 1.165) is 5.56 Å². The molecule has 1 atom stereocenters. The van der Waals surface area contributed by atoms with Crippen molar-refractivity contribution in [3.8, 4) is 11.5 Å². The monoisotopic (exact) mass is 499 g/mol. The first-order valence-electron chi connectivity index (χ1n) is 11.2. The number of hydrogen-bond acceptors (Lipinski definition) is 7. The number of hydrogen-bond donors (Lipinski definition) is 1. The Morgan fingerprint density at radius 3 is 2.34 bits per heavy atom. The van der Waals surface area contributed by atoms with Crippen LogP contribution in [0.15, 0.2) is 60.0 Å². The predicted octanol–water partition coefficient (Wildman–Crippen LogP) is 2.14. The van der Waals surface area contributed by atoms with Gasteiger partial charge in [-0.1, -0.05) is 0 Å². The highest BCUT2D eigenvalue weighted by atomic mass is 32.2. The fraction of sp³-hybridized carbons (Fsp3) is 0.375. The average molecular weight is 500 g/mol. The number of benzene rings is 1. The molecule has 4 rings (SSSR count). The molecule has 3 heterocycles. The highest BCUT2D eigenvalue weighted by Crippen LogP contribution is 2.31. The Morgan fingerprint density at radius 2 is 1.80 bits per heavy atom. The summed E-state index contributed by atoms with van der Waals surface area (Å²) in [5.41, 5.74) is 0.764. The highest BCUT2D eigenvalue weighted by Gasteiger charge is 2.33. The Bertz CT molecular complexity index is 1250. The minimum Gasteiger partial charge on any atom is -0.497 e. The lowest BCUT2D eigenvalue weighted by Gasteiger charge is -2.31. The summed E-state index contributed by atoms with van der Waals surface area (Å²) >= 11 is 0. The van der Waals surface area contributed by atoms with Gasteiger partial charge in [-0.3, -0.25) is 9.78 Å². The molecule has 1 unspecified atom stereocenters. The molecular formula is C24H29N5O5S. The predicted molar refractivity (Wildman–Crippen MR) is 128 cm³/mol. The number of carbonyl (C=O) groups is 1. The van der Waals surface area contributed by atoms with Gasteiger partial charge in [0.2, 0.25) is 15.9 Å². The molecule has 1 saturated heterocycles. The van der Waals surface area contributed by atoms with Gasteiger partial charge in [0.05, 0.1) is 14.2 Å². The Balaban J connectivity index is 1.51. The number of piperidine rings is 1. The van der Waals surface area contributed by atoms with Crippen LogP contribution in [-0.4, -0.2) is 60.5 Å². The largest absolute Gasteiger partial charge is 0.497 e. The third kappa shape index (κ3) is 5.30. The molecule has 1 amide bonds. The minimum atomic E-state index is -3.64. The van der Waals surface area contributed by atoms with E-state index in [0.29, 0.717) is 30.2 Å². The van der Waals surface area contributed by atoms with Crippen LogP contribution in [0.25, 0.3) is 0 Å². The van der Waals surface area contributed by atoms with E-state index >= 15 is 0 Å². The van der Waals surface area contributed by atoms with Crippen molar-refractivity contribution in [2.24, 2.45) is 13.0 Å². The normalized spacial score (nSPS) is 16.0. The van der Waals surface area contributed by atoms with Crippen molar-refractivity contribution in [1.82, 2.24) is 24.2 Å². The summed E-state index contributed by atoms with van der Waals surface area (Å²) in [6, 6.07) is 8.03. The van der Waals surface area contributed by atoms with E-state index in [9.17, 15) is 13.2 Å². The molecule has 3 aromatic rings. The van der Waals surface area contributed by atoms with Gasteiger partial charge >= 0.3 is 0 Å². The molecule has 1 aliphatic heterocycles. The van der Waals surface area contributed by atoms with Gasteiger partial charge in [0, 0.05) is 56.9 Å². The first-order valence-corrected chi connectivity index (χ1v) is 12.7. The quantitative estimate of drug-likeness (QED) is 0.505. The summed E-state index contributed by atoms with van der Waals surface area (Å²) in [4.78, 5) is 21.9. The highest BCUT2D eigenvalue weighted by molar-refractivity contribution is 7.89. The summed E-state index contributed by atoms with van der Waals surface area (Å²) in [6.45, 7) is 0.519. The third-order valence-electron chi connectivity index (χ3n) is 6.21. The number of imidazole rings is 1. The number of nitrogens with one attached hydrogen (secondary N) is 1. The van der Waals surface area contributed by atoms with Gasteiger partial charge in [-0.2, -0.15) is 4.31 Å². The third-order valence-corrected chi connectivity index (χ3v) is 8.09. The molecular weight excluding hydrogens is 470 g/mol. The maximum absolute atomic E-state index is 13.3. The van der Waals surface area contributed by atoms with Crippen molar-refractivity contribution in [2.45, 2.75) is 23.8 Å². The number of ether oxygens (including phenoxy) is 2. The number of pyridine rings is 1. The van der Waals surface area contributed by atoms with Crippen molar-refractivity contribution in [3.63, 3.8) is 0 Å². The Hall–Kier alpha value is -3.44. The lowest BCUT2D eigenvalue weighted by atomic mass is 9.96. The molecule has 0 aliphatic carbocycles. The summed E-state index contributed by atoms with van der Waals surface area (Å²) in [5, 5.41) is 3.12. The molecule has 0 spiro atoms. The second-order valence-electron chi connectivity index (χ2n) is 8.35. The van der Waals surface area contributed by atoms with Gasteiger partial charge in [-0.05, 0) is 42.7 Å². The summed E-state index contributed by atoms with van der Waals surface area (Å²) in [6.07, 6.45) is 7.20. The Labute approximate surface area is 205 Å². The fourth-order valence-electron chi connectivity index (χ4n) is 4.22. The lowest BCUT2D eigenvalue weighted by molar-refractivity contribution is -0.126. The number of sulfonamides is 1. The minimum absolute atomic E-state index is 0.154. The zero-order valence-corrected chi connectivity index (χ0v) is 20.7. The molecule has 1 N–H and O–H groups in total. The molecule has 186 valence electrons. The van der Waals surface area contributed by atoms with Crippen molar-refractivity contribution < 1.29 is 22.7 Å². The van der Waals surface area contributed by atoms with Gasteiger partial charge < -0.3 is 19.4 Å². The van der Waals surface area contributed by atoms with Gasteiger partial charge in [0.25, 0.3) is 0 Å². The van der Waals surface area contributed by atoms with E-state index in [1.54, 1.807) is 32.5 Å². The van der Waals surface area contributed by atoms with E-state index in [1.165, 1.54) is 22.8 Å². The molecule has 1 aliphatic rings. The van der Waals surface area contributed by atoms with E-state index in [2.05, 4.69) is 15.3 Å². The van der Waals surface area contributed by atoms with E-state index in [4.69, 9.17) is 9.47 Å². The number of methoxy groups -OCH3 is 2. The first kappa shape index (κ1) is 24.7. The summed E-state index contributed by atoms with van der Waals surface area (Å²) in [7, 11) is 1.37. The molecule has 11 heteroatoms. The second-order valence-corrected chi connectivity index (χ2v) is 10.3. The van der Waals surface area contributed by atoms with Crippen LogP contribution in [0.2, 0.25) is 0 Å². The van der Waals surface area contributed by atoms with Crippen molar-refractivity contribution in [3.05, 3.63) is 66.5 Å². The fourth-order valence-corrected chi connectivity index (χ4v) is 5.65. The maximum atomic E-state index is 13.3. The number of amides is 1. The van der Waals surface area contributed by atoms with Crippen LogP contribution in [-0.2, 0) is 21.9 Å². The SMILES string of the molecule is COc1cc(OC)cc(C(NC(=O)C2CCN(S(=O)(=O)c3cccnc3)CC2)c2nccn2C)c1. The van der Waals surface area contributed by atoms with Crippen LogP contribution in [0.5, 0.6) is 11.5 Å². The zero-order valence-electron chi connectivity index (χ0n) is 19.9. The smallest absolute Gasteiger partial charge is 0.244 e. The lowest BCUT2D eigenvalue weighted by Crippen LogP contribution is -2.44. The van der Waals surface area contributed by atoms with Crippen LogP contribution in [0, 0.1) is 5.92 Å². The standard InChI is InChI=1S/C24H29N5O5S/c1-28-12-9-26-23(28)22(18-13-19(33-2)15-20(14-18)34-3)27-24(30)17-6-10-29(11-7-17)35(31,32)21-5-4-8-25-16-21/h4-5,8-9,12-17,22H,6-7,10-11H2,1-3H3,(H,27,30). The van der Waals surface area contributed by atoms with Gasteiger partial charge in [0.15, 0.2) is 0 Å². The number of nitrogens with zero attached hydrogens (tertiary/aromatic N) is 4. The molecule has 0 bridgehead atoms. The molecule has 35 heavy (non-hydrogen) atoms. The van der Waals surface area contributed by atoms with Crippen molar-refractivity contribution >= 4 is 15.9 Å².